The van der Waals surface area contributed by atoms with E-state index in [-0.39, 0.29) is 18.9 Å². The number of allylic oxidation sites excluding steroid dienone is 7. The van der Waals surface area contributed by atoms with Gasteiger partial charge in [-0.1, -0.05) is 229 Å². The Labute approximate surface area is 361 Å². The molecule has 0 fully saturated rings. The molecule has 4 N–H and O–H groups in total. The van der Waals surface area contributed by atoms with Gasteiger partial charge in [0.05, 0.1) is 31.3 Å². The Morgan fingerprint density at radius 3 is 1.10 bits per heavy atom. The third kappa shape index (κ3) is 43.9. The minimum absolute atomic E-state index is 0.00366. The molecule has 0 saturated carbocycles. The molecule has 0 aliphatic heterocycles. The van der Waals surface area contributed by atoms with E-state index in [1.54, 1.807) is 6.08 Å². The Kier molecular flexibility index (Phi) is 46.6. The van der Waals surface area contributed by atoms with Crippen LogP contribution in [0.3, 0.4) is 0 Å². The minimum atomic E-state index is -0.963. The Balaban J connectivity index is 3.70. The molecule has 1 amide bonds. The fourth-order valence-corrected chi connectivity index (χ4v) is 7.66. The number of unbranched alkanes of at least 4 members (excludes halogenated alkanes) is 31. The lowest BCUT2D eigenvalue weighted by atomic mass is 10.0. The lowest BCUT2D eigenvalue weighted by Crippen LogP contribution is -2.45. The topological polar surface area (TPSA) is 89.8 Å². The Hall–Kier alpha value is -1.69. The molecule has 3 unspecified atom stereocenters. The highest BCUT2D eigenvalue weighted by atomic mass is 16.3. The predicted octanol–water partition coefficient (Wildman–Crippen LogP) is 15.3. The molecule has 5 heteroatoms. The monoisotopic (exact) mass is 814 g/mol. The van der Waals surface area contributed by atoms with E-state index in [0.29, 0.717) is 6.42 Å². The van der Waals surface area contributed by atoms with Crippen molar-refractivity contribution in [1.29, 1.82) is 0 Å². The second kappa shape index (κ2) is 48.0. The smallest absolute Gasteiger partial charge is 0.222 e. The number of rotatable bonds is 46. The molecule has 340 valence electrons. The molecule has 0 aliphatic rings. The van der Waals surface area contributed by atoms with Gasteiger partial charge < -0.3 is 20.6 Å². The number of nitrogens with one attached hydrogen (secondary N) is 1. The van der Waals surface area contributed by atoms with Crippen LogP contribution in [-0.4, -0.2) is 46.1 Å². The SMILES string of the molecule is CCCCCCCCCCCCCC/C=C\CCCCCCCC(O)CC(=O)NC(CO)C(O)/C=C/CC/C=C/CC/C=C/CCCCCCCCCCCCCC. The minimum Gasteiger partial charge on any atom is -0.394 e. The van der Waals surface area contributed by atoms with E-state index in [2.05, 4.69) is 55.6 Å². The highest BCUT2D eigenvalue weighted by Gasteiger charge is 2.20. The van der Waals surface area contributed by atoms with Gasteiger partial charge in [-0.2, -0.15) is 0 Å². The van der Waals surface area contributed by atoms with Crippen LogP contribution in [0.4, 0.5) is 0 Å². The van der Waals surface area contributed by atoms with E-state index >= 15 is 0 Å². The van der Waals surface area contributed by atoms with Crippen molar-refractivity contribution < 1.29 is 20.1 Å². The molecular formula is C53H99NO4. The average Bonchev–Trinajstić information content (AvgIpc) is 3.22. The largest absolute Gasteiger partial charge is 0.394 e. The van der Waals surface area contributed by atoms with E-state index in [0.717, 1.165) is 51.4 Å². The first kappa shape index (κ1) is 56.3. The van der Waals surface area contributed by atoms with Gasteiger partial charge >= 0.3 is 0 Å². The summed E-state index contributed by atoms with van der Waals surface area (Å²) in [6, 6.07) is -0.772. The van der Waals surface area contributed by atoms with Gasteiger partial charge in [0.15, 0.2) is 0 Å². The van der Waals surface area contributed by atoms with Gasteiger partial charge in [0.25, 0.3) is 0 Å². The van der Waals surface area contributed by atoms with Gasteiger partial charge in [-0.3, -0.25) is 4.79 Å². The van der Waals surface area contributed by atoms with Crippen molar-refractivity contribution in [3.8, 4) is 0 Å². The standard InChI is InChI=1S/C53H99NO4/c1-3-5-7-9-11-13-15-17-19-21-23-25-27-29-31-33-35-37-39-41-43-45-47-52(57)51(49-55)54-53(58)48-50(56)46-44-42-40-38-36-34-32-30-28-26-24-22-20-18-16-14-12-10-8-6-4-2/h29-32,37,39,45,47,50-52,55-57H,3-28,33-36,38,40-44,46,48-49H2,1-2H3,(H,54,58)/b31-29+,32-30-,39-37+,47-45+. The van der Waals surface area contributed by atoms with E-state index in [1.165, 1.54) is 180 Å². The van der Waals surface area contributed by atoms with E-state index < -0.39 is 18.2 Å². The van der Waals surface area contributed by atoms with Crippen LogP contribution in [0.5, 0.6) is 0 Å². The number of aliphatic hydroxyl groups excluding tert-OH is 3. The summed E-state index contributed by atoms with van der Waals surface area (Å²) in [6.45, 7) is 4.21. The molecule has 0 aliphatic carbocycles. The van der Waals surface area contributed by atoms with Crippen LogP contribution in [0.2, 0.25) is 0 Å². The van der Waals surface area contributed by atoms with Gasteiger partial charge in [-0.25, -0.2) is 0 Å². The van der Waals surface area contributed by atoms with Crippen molar-refractivity contribution in [2.24, 2.45) is 0 Å². The highest BCUT2D eigenvalue weighted by molar-refractivity contribution is 5.76. The third-order valence-electron chi connectivity index (χ3n) is 11.6. The lowest BCUT2D eigenvalue weighted by Gasteiger charge is -2.20. The quantitative estimate of drug-likeness (QED) is 0.0364. The lowest BCUT2D eigenvalue weighted by molar-refractivity contribution is -0.124. The first-order valence-corrected chi connectivity index (χ1v) is 25.4. The summed E-state index contributed by atoms with van der Waals surface area (Å²) in [4.78, 5) is 12.5. The van der Waals surface area contributed by atoms with Gasteiger partial charge in [0.2, 0.25) is 5.91 Å². The van der Waals surface area contributed by atoms with Crippen LogP contribution in [0.15, 0.2) is 48.6 Å². The van der Waals surface area contributed by atoms with E-state index in [4.69, 9.17) is 0 Å². The number of hydrogen-bond donors (Lipinski definition) is 4. The van der Waals surface area contributed by atoms with Crippen molar-refractivity contribution in [2.45, 2.75) is 276 Å². The predicted molar refractivity (Wildman–Crippen MR) is 254 cm³/mol. The molecule has 0 heterocycles. The van der Waals surface area contributed by atoms with Crippen LogP contribution in [0.25, 0.3) is 0 Å². The molecule has 0 aromatic heterocycles. The molecule has 58 heavy (non-hydrogen) atoms. The van der Waals surface area contributed by atoms with Crippen LogP contribution < -0.4 is 5.32 Å². The van der Waals surface area contributed by atoms with Crippen molar-refractivity contribution >= 4 is 5.91 Å². The molecule has 0 spiro atoms. The summed E-state index contributed by atoms with van der Waals surface area (Å²) in [7, 11) is 0. The first-order chi connectivity index (χ1) is 28.5. The Morgan fingerprint density at radius 1 is 0.431 bits per heavy atom. The number of carbonyl (C=O) groups is 1. The molecular weight excluding hydrogens is 715 g/mol. The second-order valence-electron chi connectivity index (χ2n) is 17.4. The summed E-state index contributed by atoms with van der Waals surface area (Å²) in [5.41, 5.74) is 0. The van der Waals surface area contributed by atoms with Crippen molar-refractivity contribution in [3.63, 3.8) is 0 Å². The molecule has 0 saturated heterocycles. The molecule has 0 rings (SSSR count). The van der Waals surface area contributed by atoms with Gasteiger partial charge in [-0.15, -0.1) is 0 Å². The van der Waals surface area contributed by atoms with E-state index in [1.807, 2.05) is 6.08 Å². The van der Waals surface area contributed by atoms with Gasteiger partial charge in [-0.05, 0) is 70.6 Å². The highest BCUT2D eigenvalue weighted by Crippen LogP contribution is 2.15. The number of hydrogen-bond acceptors (Lipinski definition) is 4. The Morgan fingerprint density at radius 2 is 0.741 bits per heavy atom. The van der Waals surface area contributed by atoms with Gasteiger partial charge in [0.1, 0.15) is 0 Å². The average molecular weight is 814 g/mol. The summed E-state index contributed by atoms with van der Waals surface area (Å²) in [5.74, 6) is -0.333. The maximum Gasteiger partial charge on any atom is 0.222 e. The van der Waals surface area contributed by atoms with Crippen LogP contribution >= 0.6 is 0 Å². The zero-order chi connectivity index (χ0) is 42.3. The van der Waals surface area contributed by atoms with Crippen LogP contribution in [0.1, 0.15) is 258 Å². The fraction of sp³-hybridized carbons (Fsp3) is 0.830. The molecule has 0 radical (unpaired) electrons. The van der Waals surface area contributed by atoms with Crippen molar-refractivity contribution in [1.82, 2.24) is 5.32 Å². The molecule has 5 nitrogen and oxygen atoms in total. The van der Waals surface area contributed by atoms with Gasteiger partial charge in [0, 0.05) is 0 Å². The zero-order valence-corrected chi connectivity index (χ0v) is 38.7. The Bertz CT molecular complexity index is 943. The summed E-state index contributed by atoms with van der Waals surface area (Å²) < 4.78 is 0. The number of amides is 1. The van der Waals surface area contributed by atoms with Crippen LogP contribution in [0, 0.1) is 0 Å². The normalized spacial score (nSPS) is 13.8. The number of aliphatic hydroxyl groups is 3. The number of carbonyl (C=O) groups excluding carboxylic acids is 1. The first-order valence-electron chi connectivity index (χ1n) is 25.4. The fourth-order valence-electron chi connectivity index (χ4n) is 7.66. The summed E-state index contributed by atoms with van der Waals surface area (Å²) in [5, 5.41) is 33.3. The molecule has 0 aromatic carbocycles. The summed E-state index contributed by atoms with van der Waals surface area (Å²) >= 11 is 0. The second-order valence-corrected chi connectivity index (χ2v) is 17.4. The molecule has 0 aromatic rings. The maximum absolute atomic E-state index is 12.5. The molecule has 3 atom stereocenters. The summed E-state index contributed by atoms with van der Waals surface area (Å²) in [6.07, 6.45) is 62.8. The van der Waals surface area contributed by atoms with E-state index in [9.17, 15) is 20.1 Å². The zero-order valence-electron chi connectivity index (χ0n) is 38.7. The maximum atomic E-state index is 12.5. The third-order valence-corrected chi connectivity index (χ3v) is 11.6. The molecule has 0 bridgehead atoms. The van der Waals surface area contributed by atoms with Crippen LogP contribution in [-0.2, 0) is 4.79 Å². The van der Waals surface area contributed by atoms with Crippen molar-refractivity contribution in [3.05, 3.63) is 48.6 Å². The van der Waals surface area contributed by atoms with Crippen molar-refractivity contribution in [2.75, 3.05) is 6.61 Å².